The number of rotatable bonds is 1. The lowest BCUT2D eigenvalue weighted by molar-refractivity contribution is 0.422. The lowest BCUT2D eigenvalue weighted by atomic mass is 9.75. The molecule has 0 spiro atoms. The summed E-state index contributed by atoms with van der Waals surface area (Å²) in [6.45, 7) is 4.33. The predicted octanol–water partition coefficient (Wildman–Crippen LogP) is 5.27. The van der Waals surface area contributed by atoms with Gasteiger partial charge in [0.1, 0.15) is 5.82 Å². The largest absolute Gasteiger partial charge is 0.377 e. The van der Waals surface area contributed by atoms with E-state index in [2.05, 4.69) is 43.4 Å². The van der Waals surface area contributed by atoms with E-state index in [9.17, 15) is 4.39 Å². The van der Waals surface area contributed by atoms with Crippen LogP contribution in [0.1, 0.15) is 40.6 Å². The van der Waals surface area contributed by atoms with E-state index in [0.717, 1.165) is 12.0 Å². The van der Waals surface area contributed by atoms with Crippen LogP contribution in [0.2, 0.25) is 0 Å². The number of hydrogen-bond donors (Lipinski definition) is 1. The minimum absolute atomic E-state index is 0.159. The van der Waals surface area contributed by atoms with Crippen molar-refractivity contribution in [2.45, 2.75) is 32.2 Å². The van der Waals surface area contributed by atoms with E-state index < -0.39 is 0 Å². The average Bonchev–Trinajstić information content (AvgIpc) is 2.99. The molecule has 0 saturated carbocycles. The normalized spacial score (nSPS) is 25.5. The van der Waals surface area contributed by atoms with Crippen LogP contribution in [0.15, 0.2) is 48.6 Å². The summed E-state index contributed by atoms with van der Waals surface area (Å²) in [7, 11) is 0. The zero-order valence-corrected chi connectivity index (χ0v) is 12.9. The SMILES string of the molecule is Cc1ccc(C)c2c1N[C@H](c1cccc(F)c1)[C@@H]1CC=C[C@@H]21. The minimum atomic E-state index is -0.159. The smallest absolute Gasteiger partial charge is 0.123 e. The summed E-state index contributed by atoms with van der Waals surface area (Å²) in [6.07, 6.45) is 5.66. The van der Waals surface area contributed by atoms with E-state index in [1.807, 2.05) is 12.1 Å². The molecule has 2 aromatic carbocycles. The molecule has 0 bridgehead atoms. The van der Waals surface area contributed by atoms with Gasteiger partial charge in [-0.1, -0.05) is 36.4 Å². The van der Waals surface area contributed by atoms with E-state index in [1.54, 1.807) is 6.07 Å². The van der Waals surface area contributed by atoms with Crippen molar-refractivity contribution < 1.29 is 4.39 Å². The van der Waals surface area contributed by atoms with E-state index >= 15 is 0 Å². The number of halogens is 1. The van der Waals surface area contributed by atoms with Crippen LogP contribution in [0.25, 0.3) is 0 Å². The van der Waals surface area contributed by atoms with Gasteiger partial charge in [-0.15, -0.1) is 0 Å². The zero-order chi connectivity index (χ0) is 15.3. The van der Waals surface area contributed by atoms with E-state index in [1.165, 1.54) is 28.4 Å². The second-order valence-electron chi connectivity index (χ2n) is 6.52. The quantitative estimate of drug-likeness (QED) is 0.706. The molecule has 1 aliphatic heterocycles. The van der Waals surface area contributed by atoms with Crippen molar-refractivity contribution in [3.05, 3.63) is 76.6 Å². The highest BCUT2D eigenvalue weighted by atomic mass is 19.1. The molecule has 0 amide bonds. The molecule has 1 nitrogen and oxygen atoms in total. The maximum atomic E-state index is 13.7. The fourth-order valence-corrected chi connectivity index (χ4v) is 4.07. The fraction of sp³-hybridized carbons (Fsp3) is 0.300. The Morgan fingerprint density at radius 2 is 1.91 bits per heavy atom. The summed E-state index contributed by atoms with van der Waals surface area (Å²) < 4.78 is 13.7. The topological polar surface area (TPSA) is 12.0 Å². The molecule has 22 heavy (non-hydrogen) atoms. The van der Waals surface area contributed by atoms with Crippen molar-refractivity contribution in [2.75, 3.05) is 5.32 Å². The van der Waals surface area contributed by atoms with Gasteiger partial charge in [-0.25, -0.2) is 4.39 Å². The van der Waals surface area contributed by atoms with E-state index in [-0.39, 0.29) is 11.9 Å². The lowest BCUT2D eigenvalue weighted by Gasteiger charge is -2.39. The van der Waals surface area contributed by atoms with Crippen LogP contribution in [0.3, 0.4) is 0 Å². The summed E-state index contributed by atoms with van der Waals surface area (Å²) in [5.41, 5.74) is 6.31. The molecule has 0 fully saturated rings. The van der Waals surface area contributed by atoms with Crippen LogP contribution < -0.4 is 5.32 Å². The Labute approximate surface area is 130 Å². The fourth-order valence-electron chi connectivity index (χ4n) is 4.07. The van der Waals surface area contributed by atoms with Crippen molar-refractivity contribution >= 4 is 5.69 Å². The summed E-state index contributed by atoms with van der Waals surface area (Å²) in [5, 5.41) is 3.71. The standard InChI is InChI=1S/C20H20FN/c1-12-9-10-13(2)19-18(12)16-7-4-8-17(16)20(22-19)14-5-3-6-15(21)11-14/h3-7,9-11,16-17,20,22H,8H2,1-2H3/t16-,17-,20-/m1/s1. The number of hydrogen-bond acceptors (Lipinski definition) is 1. The highest BCUT2D eigenvalue weighted by Crippen LogP contribution is 2.51. The van der Waals surface area contributed by atoms with Gasteiger partial charge in [0.05, 0.1) is 6.04 Å². The van der Waals surface area contributed by atoms with Crippen molar-refractivity contribution in [3.63, 3.8) is 0 Å². The number of nitrogens with one attached hydrogen (secondary N) is 1. The maximum Gasteiger partial charge on any atom is 0.123 e. The first-order valence-electron chi connectivity index (χ1n) is 7.94. The third-order valence-electron chi connectivity index (χ3n) is 5.15. The van der Waals surface area contributed by atoms with Gasteiger partial charge in [0.25, 0.3) is 0 Å². The molecule has 0 unspecified atom stereocenters. The van der Waals surface area contributed by atoms with Crippen molar-refractivity contribution in [3.8, 4) is 0 Å². The average molecular weight is 293 g/mol. The van der Waals surface area contributed by atoms with Gasteiger partial charge in [0.2, 0.25) is 0 Å². The number of fused-ring (bicyclic) bond motifs is 3. The molecule has 2 aliphatic rings. The van der Waals surface area contributed by atoms with Crippen molar-refractivity contribution in [1.82, 2.24) is 0 Å². The van der Waals surface area contributed by atoms with Gasteiger partial charge in [-0.3, -0.25) is 0 Å². The molecule has 1 aliphatic carbocycles. The first-order valence-corrected chi connectivity index (χ1v) is 7.94. The van der Waals surface area contributed by atoms with Gasteiger partial charge in [0, 0.05) is 11.6 Å². The molecule has 3 atom stereocenters. The third-order valence-corrected chi connectivity index (χ3v) is 5.15. The Morgan fingerprint density at radius 3 is 2.73 bits per heavy atom. The lowest BCUT2D eigenvalue weighted by Crippen LogP contribution is -2.30. The molecule has 0 radical (unpaired) electrons. The van der Waals surface area contributed by atoms with Gasteiger partial charge in [-0.2, -0.15) is 0 Å². The van der Waals surface area contributed by atoms with Gasteiger partial charge in [-0.05, 0) is 60.6 Å². The van der Waals surface area contributed by atoms with Crippen LogP contribution in [-0.4, -0.2) is 0 Å². The highest BCUT2D eigenvalue weighted by Gasteiger charge is 2.39. The number of anilines is 1. The minimum Gasteiger partial charge on any atom is -0.377 e. The zero-order valence-electron chi connectivity index (χ0n) is 12.9. The van der Waals surface area contributed by atoms with Crippen LogP contribution in [0, 0.1) is 25.6 Å². The predicted molar refractivity (Wildman–Crippen MR) is 88.7 cm³/mol. The molecule has 2 heteroatoms. The summed E-state index contributed by atoms with van der Waals surface area (Å²) in [4.78, 5) is 0. The Hall–Kier alpha value is -2.09. The number of benzene rings is 2. The van der Waals surface area contributed by atoms with Crippen molar-refractivity contribution in [1.29, 1.82) is 0 Å². The maximum absolute atomic E-state index is 13.7. The summed E-state index contributed by atoms with van der Waals surface area (Å²) in [6, 6.07) is 11.6. The Kier molecular flexibility index (Phi) is 3.07. The number of allylic oxidation sites excluding steroid dienone is 2. The van der Waals surface area contributed by atoms with E-state index in [4.69, 9.17) is 0 Å². The molecule has 0 aromatic heterocycles. The van der Waals surface area contributed by atoms with Gasteiger partial charge >= 0.3 is 0 Å². The molecule has 112 valence electrons. The second-order valence-corrected chi connectivity index (χ2v) is 6.52. The first-order chi connectivity index (χ1) is 10.6. The Bertz CT molecular complexity index is 762. The summed E-state index contributed by atoms with van der Waals surface area (Å²) in [5.74, 6) is 0.743. The van der Waals surface area contributed by atoms with Crippen LogP contribution >= 0.6 is 0 Å². The first kappa shape index (κ1) is 13.6. The molecular formula is C20H20FN. The van der Waals surface area contributed by atoms with Crippen LogP contribution in [0.5, 0.6) is 0 Å². The van der Waals surface area contributed by atoms with E-state index in [0.29, 0.717) is 11.8 Å². The highest BCUT2D eigenvalue weighted by molar-refractivity contribution is 5.66. The molecule has 2 aromatic rings. The van der Waals surface area contributed by atoms with Gasteiger partial charge in [0.15, 0.2) is 0 Å². The van der Waals surface area contributed by atoms with Crippen molar-refractivity contribution in [2.24, 2.45) is 5.92 Å². The second kappa shape index (κ2) is 4.98. The Morgan fingerprint density at radius 1 is 1.09 bits per heavy atom. The Balaban J connectivity index is 1.86. The van der Waals surface area contributed by atoms with Gasteiger partial charge < -0.3 is 5.32 Å². The molecule has 0 saturated heterocycles. The molecule has 1 heterocycles. The third kappa shape index (κ3) is 1.98. The molecular weight excluding hydrogens is 273 g/mol. The van der Waals surface area contributed by atoms with Crippen LogP contribution in [-0.2, 0) is 0 Å². The monoisotopic (exact) mass is 293 g/mol. The molecule has 4 rings (SSSR count). The molecule has 1 N–H and O–H groups in total. The number of aryl methyl sites for hydroxylation is 2. The summed E-state index contributed by atoms with van der Waals surface area (Å²) >= 11 is 0. The van der Waals surface area contributed by atoms with Crippen LogP contribution in [0.4, 0.5) is 10.1 Å².